The summed E-state index contributed by atoms with van der Waals surface area (Å²) in [6.45, 7) is 6.62. The van der Waals surface area contributed by atoms with Crippen molar-refractivity contribution < 1.29 is 4.74 Å². The number of benzene rings is 1. The first-order valence-corrected chi connectivity index (χ1v) is 5.37. The van der Waals surface area contributed by atoms with E-state index in [0.29, 0.717) is 6.61 Å². The van der Waals surface area contributed by atoms with Gasteiger partial charge < -0.3 is 4.74 Å². The van der Waals surface area contributed by atoms with Gasteiger partial charge in [-0.1, -0.05) is 34.6 Å². The largest absolute Gasteiger partial charge is 0.494 e. The molecule has 0 saturated heterocycles. The van der Waals surface area contributed by atoms with E-state index in [0.717, 1.165) is 22.2 Å². The monoisotopic (exact) mass is 240 g/mol. The van der Waals surface area contributed by atoms with E-state index in [4.69, 9.17) is 4.74 Å². The van der Waals surface area contributed by atoms with Crippen molar-refractivity contribution in [1.29, 1.82) is 0 Å². The van der Waals surface area contributed by atoms with Gasteiger partial charge >= 0.3 is 0 Å². The number of ether oxygens (including phenoxy) is 1. The first-order valence-electron chi connectivity index (χ1n) is 4.25. The fraction of sp³-hybridized carbons (Fsp3) is 0.273. The molecule has 0 N–H and O–H groups in total. The number of hydrogen-bond acceptors (Lipinski definition) is 1. The van der Waals surface area contributed by atoms with Crippen LogP contribution in [0.5, 0.6) is 5.75 Å². The molecule has 1 nitrogen and oxygen atoms in total. The van der Waals surface area contributed by atoms with Gasteiger partial charge in [-0.05, 0) is 30.2 Å². The summed E-state index contributed by atoms with van der Waals surface area (Å²) in [5, 5.41) is 0.807. The Morgan fingerprint density at radius 3 is 2.46 bits per heavy atom. The molecule has 0 amide bonds. The Balaban J connectivity index is 2.75. The molecule has 0 spiro atoms. The predicted molar refractivity (Wildman–Crippen MR) is 60.4 cm³/mol. The fourth-order valence-electron chi connectivity index (χ4n) is 1.03. The van der Waals surface area contributed by atoms with Crippen LogP contribution in [0.3, 0.4) is 0 Å². The van der Waals surface area contributed by atoms with Gasteiger partial charge in [-0.3, -0.25) is 0 Å². The Labute approximate surface area is 87.5 Å². The van der Waals surface area contributed by atoms with E-state index in [1.165, 1.54) is 0 Å². The molecule has 13 heavy (non-hydrogen) atoms. The van der Waals surface area contributed by atoms with Crippen LogP contribution in [-0.4, -0.2) is 11.9 Å². The molecule has 1 rings (SSSR count). The molecule has 2 heteroatoms. The standard InChI is InChI=1S/C11H13BrO/c1-3-13-11-6-4-10(5-7-11)9(2)8-12/h4-7H,2-3,8H2,1H3. The second kappa shape index (κ2) is 5.07. The third kappa shape index (κ3) is 2.88. The van der Waals surface area contributed by atoms with E-state index in [1.807, 2.05) is 31.2 Å². The van der Waals surface area contributed by atoms with Gasteiger partial charge in [-0.25, -0.2) is 0 Å². The summed E-state index contributed by atoms with van der Waals surface area (Å²) in [5.41, 5.74) is 2.24. The molecule has 0 heterocycles. The lowest BCUT2D eigenvalue weighted by molar-refractivity contribution is 0.340. The molecule has 70 valence electrons. The van der Waals surface area contributed by atoms with E-state index < -0.39 is 0 Å². The van der Waals surface area contributed by atoms with Crippen LogP contribution < -0.4 is 4.74 Å². The fourth-order valence-corrected chi connectivity index (χ4v) is 1.35. The molecule has 1 aromatic rings. The molecule has 0 saturated carbocycles. The van der Waals surface area contributed by atoms with Crippen LogP contribution in [0.1, 0.15) is 12.5 Å². The maximum Gasteiger partial charge on any atom is 0.119 e. The van der Waals surface area contributed by atoms with Crippen LogP contribution in [0.2, 0.25) is 0 Å². The minimum Gasteiger partial charge on any atom is -0.494 e. The molecule has 0 aliphatic heterocycles. The van der Waals surface area contributed by atoms with Gasteiger partial charge in [-0.15, -0.1) is 0 Å². The maximum absolute atomic E-state index is 5.33. The predicted octanol–water partition coefficient (Wildman–Crippen LogP) is 3.49. The first kappa shape index (κ1) is 10.3. The van der Waals surface area contributed by atoms with E-state index in [-0.39, 0.29) is 0 Å². The Kier molecular flexibility index (Phi) is 4.03. The summed E-state index contributed by atoms with van der Waals surface area (Å²) in [7, 11) is 0. The highest BCUT2D eigenvalue weighted by atomic mass is 79.9. The molecular formula is C11H13BrO. The number of rotatable bonds is 4. The number of allylic oxidation sites excluding steroid dienone is 1. The third-order valence-electron chi connectivity index (χ3n) is 1.73. The number of alkyl halides is 1. The zero-order valence-electron chi connectivity index (χ0n) is 7.72. The van der Waals surface area contributed by atoms with E-state index in [9.17, 15) is 0 Å². The molecular weight excluding hydrogens is 228 g/mol. The summed E-state index contributed by atoms with van der Waals surface area (Å²) < 4.78 is 5.33. The van der Waals surface area contributed by atoms with Gasteiger partial charge in [0.25, 0.3) is 0 Å². The highest BCUT2D eigenvalue weighted by molar-refractivity contribution is 9.09. The zero-order chi connectivity index (χ0) is 9.68. The molecule has 0 bridgehead atoms. The Hall–Kier alpha value is -0.760. The summed E-state index contributed by atoms with van der Waals surface area (Å²) in [6, 6.07) is 7.97. The van der Waals surface area contributed by atoms with Crippen molar-refractivity contribution in [3.05, 3.63) is 36.4 Å². The topological polar surface area (TPSA) is 9.23 Å². The lowest BCUT2D eigenvalue weighted by Gasteiger charge is -2.05. The van der Waals surface area contributed by atoms with Gasteiger partial charge in [0.1, 0.15) is 5.75 Å². The van der Waals surface area contributed by atoms with Gasteiger partial charge in [0.05, 0.1) is 6.61 Å². The van der Waals surface area contributed by atoms with Crippen molar-refractivity contribution in [3.63, 3.8) is 0 Å². The van der Waals surface area contributed by atoms with Crippen molar-refractivity contribution in [3.8, 4) is 5.75 Å². The maximum atomic E-state index is 5.33. The summed E-state index contributed by atoms with van der Waals surface area (Å²) in [6.07, 6.45) is 0. The summed E-state index contributed by atoms with van der Waals surface area (Å²) >= 11 is 3.37. The van der Waals surface area contributed by atoms with Crippen molar-refractivity contribution in [2.75, 3.05) is 11.9 Å². The minimum atomic E-state index is 0.707. The normalized spacial score (nSPS) is 9.69. The highest BCUT2D eigenvalue weighted by Crippen LogP contribution is 2.18. The molecule has 0 aromatic heterocycles. The van der Waals surface area contributed by atoms with Crippen LogP contribution in [0, 0.1) is 0 Å². The lowest BCUT2D eigenvalue weighted by Crippen LogP contribution is -1.91. The van der Waals surface area contributed by atoms with Crippen LogP contribution >= 0.6 is 15.9 Å². The van der Waals surface area contributed by atoms with Crippen LogP contribution in [0.15, 0.2) is 30.8 Å². The Morgan fingerprint density at radius 2 is 2.00 bits per heavy atom. The molecule has 0 radical (unpaired) electrons. The van der Waals surface area contributed by atoms with Crippen molar-refractivity contribution in [2.45, 2.75) is 6.92 Å². The average molecular weight is 241 g/mol. The second-order valence-corrected chi connectivity index (χ2v) is 3.26. The van der Waals surface area contributed by atoms with Gasteiger partial charge in [0.15, 0.2) is 0 Å². The van der Waals surface area contributed by atoms with Crippen LogP contribution in [0.25, 0.3) is 5.57 Å². The third-order valence-corrected chi connectivity index (χ3v) is 2.41. The minimum absolute atomic E-state index is 0.707. The first-order chi connectivity index (χ1) is 6.27. The quantitative estimate of drug-likeness (QED) is 0.733. The second-order valence-electron chi connectivity index (χ2n) is 2.69. The van der Waals surface area contributed by atoms with Crippen molar-refractivity contribution >= 4 is 21.5 Å². The zero-order valence-corrected chi connectivity index (χ0v) is 9.30. The Bertz CT molecular complexity index is 277. The molecule has 1 aromatic carbocycles. The van der Waals surface area contributed by atoms with Gasteiger partial charge in [0, 0.05) is 5.33 Å². The lowest BCUT2D eigenvalue weighted by atomic mass is 10.1. The van der Waals surface area contributed by atoms with Gasteiger partial charge in [-0.2, -0.15) is 0 Å². The molecule has 0 fully saturated rings. The van der Waals surface area contributed by atoms with Crippen LogP contribution in [-0.2, 0) is 0 Å². The molecule has 0 aliphatic carbocycles. The van der Waals surface area contributed by atoms with E-state index in [2.05, 4.69) is 22.5 Å². The SMILES string of the molecule is C=C(CBr)c1ccc(OCC)cc1. The number of halogens is 1. The van der Waals surface area contributed by atoms with Crippen molar-refractivity contribution in [1.82, 2.24) is 0 Å². The average Bonchev–Trinajstić information content (AvgIpc) is 2.18. The summed E-state index contributed by atoms with van der Waals surface area (Å²) in [5.74, 6) is 0.911. The van der Waals surface area contributed by atoms with Crippen molar-refractivity contribution in [2.24, 2.45) is 0 Å². The van der Waals surface area contributed by atoms with Crippen LogP contribution in [0.4, 0.5) is 0 Å². The molecule has 0 aliphatic rings. The Morgan fingerprint density at radius 1 is 1.38 bits per heavy atom. The number of hydrogen-bond donors (Lipinski definition) is 0. The molecule has 0 unspecified atom stereocenters. The highest BCUT2D eigenvalue weighted by Gasteiger charge is 1.97. The van der Waals surface area contributed by atoms with E-state index in [1.54, 1.807) is 0 Å². The van der Waals surface area contributed by atoms with Gasteiger partial charge in [0.2, 0.25) is 0 Å². The summed E-state index contributed by atoms with van der Waals surface area (Å²) in [4.78, 5) is 0. The van der Waals surface area contributed by atoms with E-state index >= 15 is 0 Å². The smallest absolute Gasteiger partial charge is 0.119 e. The molecule has 0 atom stereocenters.